The van der Waals surface area contributed by atoms with Crippen molar-refractivity contribution < 1.29 is 9.18 Å². The van der Waals surface area contributed by atoms with Crippen LogP contribution in [0.5, 0.6) is 0 Å². The summed E-state index contributed by atoms with van der Waals surface area (Å²) in [5.41, 5.74) is 1.16. The minimum Gasteiger partial charge on any atom is -0.340 e. The molecule has 5 heteroatoms. The van der Waals surface area contributed by atoms with E-state index in [4.69, 9.17) is 0 Å². The molecule has 0 bridgehead atoms. The van der Waals surface area contributed by atoms with E-state index in [9.17, 15) is 9.18 Å². The zero-order valence-electron chi connectivity index (χ0n) is 13.6. The Kier molecular flexibility index (Phi) is 5.62. The van der Waals surface area contributed by atoms with Crippen molar-refractivity contribution in [2.45, 2.75) is 31.7 Å². The number of carbonyl (C=O) groups excluding carboxylic acids is 1. The highest BCUT2D eigenvalue weighted by Crippen LogP contribution is 2.27. The minimum absolute atomic E-state index is 0.186. The highest BCUT2D eigenvalue weighted by Gasteiger charge is 2.29. The molecule has 0 radical (unpaired) electrons. The molecular formula is C18H26FN3O. The molecule has 3 rings (SSSR count). The van der Waals surface area contributed by atoms with Crippen LogP contribution in [-0.4, -0.2) is 61.0 Å². The molecule has 4 nitrogen and oxygen atoms in total. The van der Waals surface area contributed by atoms with Crippen molar-refractivity contribution in [1.82, 2.24) is 15.1 Å². The summed E-state index contributed by atoms with van der Waals surface area (Å²) in [6.07, 6.45) is 4.01. The van der Waals surface area contributed by atoms with Gasteiger partial charge in [-0.05, 0) is 37.0 Å². The van der Waals surface area contributed by atoms with Crippen molar-refractivity contribution in [3.05, 3.63) is 35.6 Å². The van der Waals surface area contributed by atoms with Crippen LogP contribution < -0.4 is 5.32 Å². The van der Waals surface area contributed by atoms with Gasteiger partial charge in [-0.2, -0.15) is 0 Å². The summed E-state index contributed by atoms with van der Waals surface area (Å²) in [6, 6.07) is 7.39. The number of amides is 1. The number of hydrogen-bond donors (Lipinski definition) is 1. The smallest absolute Gasteiger partial charge is 0.223 e. The molecule has 2 aliphatic rings. The lowest BCUT2D eigenvalue weighted by Gasteiger charge is -2.29. The Hall–Kier alpha value is -1.46. The predicted molar refractivity (Wildman–Crippen MR) is 88.8 cm³/mol. The van der Waals surface area contributed by atoms with Crippen molar-refractivity contribution in [3.8, 4) is 0 Å². The van der Waals surface area contributed by atoms with Crippen LogP contribution in [0, 0.1) is 5.82 Å². The minimum atomic E-state index is -0.186. The molecule has 1 amide bonds. The van der Waals surface area contributed by atoms with Gasteiger partial charge in [0, 0.05) is 51.7 Å². The molecular weight excluding hydrogens is 293 g/mol. The largest absolute Gasteiger partial charge is 0.340 e. The summed E-state index contributed by atoms with van der Waals surface area (Å²) >= 11 is 0. The number of halogens is 1. The third kappa shape index (κ3) is 5.01. The number of nitrogens with one attached hydrogen (secondary N) is 1. The van der Waals surface area contributed by atoms with E-state index in [1.807, 2.05) is 17.0 Å². The summed E-state index contributed by atoms with van der Waals surface area (Å²) in [4.78, 5) is 16.7. The molecule has 0 aromatic heterocycles. The van der Waals surface area contributed by atoms with Gasteiger partial charge in [0.05, 0.1) is 0 Å². The topological polar surface area (TPSA) is 35.6 Å². The van der Waals surface area contributed by atoms with Crippen LogP contribution in [0.3, 0.4) is 0 Å². The maximum absolute atomic E-state index is 13.0. The Bertz CT molecular complexity index is 510. The molecule has 0 spiro atoms. The molecule has 2 fully saturated rings. The van der Waals surface area contributed by atoms with Gasteiger partial charge >= 0.3 is 0 Å². The van der Waals surface area contributed by atoms with Gasteiger partial charge in [0.15, 0.2) is 0 Å². The SMILES string of the molecule is O=C(CCN(CCc1ccc(F)cc1)C1CC1)N1CCNCC1. The molecule has 0 unspecified atom stereocenters. The second-order valence-corrected chi connectivity index (χ2v) is 6.52. The fourth-order valence-corrected chi connectivity index (χ4v) is 3.15. The molecule has 1 aromatic carbocycles. The average molecular weight is 319 g/mol. The van der Waals surface area contributed by atoms with E-state index >= 15 is 0 Å². The maximum Gasteiger partial charge on any atom is 0.223 e. The first-order valence-corrected chi connectivity index (χ1v) is 8.69. The summed E-state index contributed by atoms with van der Waals surface area (Å²) < 4.78 is 13.0. The maximum atomic E-state index is 13.0. The zero-order valence-corrected chi connectivity index (χ0v) is 13.6. The summed E-state index contributed by atoms with van der Waals surface area (Å²) in [7, 11) is 0. The average Bonchev–Trinajstić information content (AvgIpc) is 3.42. The van der Waals surface area contributed by atoms with Gasteiger partial charge in [0.25, 0.3) is 0 Å². The second kappa shape index (κ2) is 7.88. The molecule has 0 atom stereocenters. The van der Waals surface area contributed by atoms with Gasteiger partial charge in [0.1, 0.15) is 5.82 Å². The van der Waals surface area contributed by atoms with Crippen LogP contribution in [0.15, 0.2) is 24.3 Å². The molecule has 23 heavy (non-hydrogen) atoms. The molecule has 1 aliphatic heterocycles. The van der Waals surface area contributed by atoms with Crippen molar-refractivity contribution in [3.63, 3.8) is 0 Å². The normalized spacial score (nSPS) is 18.4. The van der Waals surface area contributed by atoms with E-state index in [1.54, 1.807) is 0 Å². The van der Waals surface area contributed by atoms with Crippen molar-refractivity contribution in [1.29, 1.82) is 0 Å². The highest BCUT2D eigenvalue weighted by molar-refractivity contribution is 5.76. The van der Waals surface area contributed by atoms with Gasteiger partial charge in [-0.25, -0.2) is 4.39 Å². The molecule has 1 aromatic rings. The van der Waals surface area contributed by atoms with Crippen LogP contribution in [0.1, 0.15) is 24.8 Å². The van der Waals surface area contributed by atoms with E-state index in [1.165, 1.54) is 25.0 Å². The Labute approximate surface area is 137 Å². The van der Waals surface area contributed by atoms with Crippen molar-refractivity contribution in [2.75, 3.05) is 39.3 Å². The first-order valence-electron chi connectivity index (χ1n) is 8.69. The van der Waals surface area contributed by atoms with Crippen LogP contribution in [-0.2, 0) is 11.2 Å². The zero-order chi connectivity index (χ0) is 16.1. The third-order valence-electron chi connectivity index (χ3n) is 4.75. The van der Waals surface area contributed by atoms with E-state index in [0.29, 0.717) is 12.5 Å². The fraction of sp³-hybridized carbons (Fsp3) is 0.611. The Morgan fingerprint density at radius 3 is 2.52 bits per heavy atom. The molecule has 1 saturated carbocycles. The van der Waals surface area contributed by atoms with Crippen molar-refractivity contribution in [2.24, 2.45) is 0 Å². The first-order chi connectivity index (χ1) is 11.2. The van der Waals surface area contributed by atoms with E-state index in [0.717, 1.165) is 51.3 Å². The second-order valence-electron chi connectivity index (χ2n) is 6.52. The summed E-state index contributed by atoms with van der Waals surface area (Å²) in [5.74, 6) is 0.0911. The molecule has 1 aliphatic carbocycles. The number of rotatable bonds is 7. The lowest BCUT2D eigenvalue weighted by molar-refractivity contribution is -0.132. The Morgan fingerprint density at radius 2 is 1.87 bits per heavy atom. The fourth-order valence-electron chi connectivity index (χ4n) is 3.15. The van der Waals surface area contributed by atoms with Gasteiger partial charge in [-0.3, -0.25) is 9.69 Å². The monoisotopic (exact) mass is 319 g/mol. The van der Waals surface area contributed by atoms with Crippen LogP contribution in [0.25, 0.3) is 0 Å². The predicted octanol–water partition coefficient (Wildman–Crippen LogP) is 1.65. The van der Waals surface area contributed by atoms with E-state index in [2.05, 4.69) is 10.2 Å². The number of carbonyl (C=O) groups is 1. The van der Waals surface area contributed by atoms with Crippen molar-refractivity contribution >= 4 is 5.91 Å². The van der Waals surface area contributed by atoms with Gasteiger partial charge in [-0.1, -0.05) is 12.1 Å². The standard InChI is InChI=1S/C18H26FN3O/c19-16-3-1-15(2-4-16)7-11-21(17-5-6-17)12-8-18(23)22-13-9-20-10-14-22/h1-4,17,20H,5-14H2. The van der Waals surface area contributed by atoms with Crippen LogP contribution >= 0.6 is 0 Å². The number of nitrogens with zero attached hydrogens (tertiary/aromatic N) is 2. The quantitative estimate of drug-likeness (QED) is 0.830. The lowest BCUT2D eigenvalue weighted by atomic mass is 10.1. The highest BCUT2D eigenvalue weighted by atomic mass is 19.1. The molecule has 1 saturated heterocycles. The Balaban J connectivity index is 1.45. The summed E-state index contributed by atoms with van der Waals surface area (Å²) in [5, 5.41) is 3.27. The number of piperazine rings is 1. The molecule has 126 valence electrons. The van der Waals surface area contributed by atoms with E-state index < -0.39 is 0 Å². The van der Waals surface area contributed by atoms with Crippen LogP contribution in [0.2, 0.25) is 0 Å². The van der Waals surface area contributed by atoms with E-state index in [-0.39, 0.29) is 11.7 Å². The first kappa shape index (κ1) is 16.4. The Morgan fingerprint density at radius 1 is 1.17 bits per heavy atom. The lowest BCUT2D eigenvalue weighted by Crippen LogP contribution is -2.47. The molecule has 1 heterocycles. The van der Waals surface area contributed by atoms with Crippen LogP contribution in [0.4, 0.5) is 4.39 Å². The molecule has 1 N–H and O–H groups in total. The number of benzene rings is 1. The van der Waals surface area contributed by atoms with Gasteiger partial charge < -0.3 is 10.2 Å². The third-order valence-corrected chi connectivity index (χ3v) is 4.75. The van der Waals surface area contributed by atoms with Gasteiger partial charge in [0.2, 0.25) is 5.91 Å². The summed E-state index contributed by atoms with van der Waals surface area (Å²) in [6.45, 7) is 5.26. The number of hydrogen-bond acceptors (Lipinski definition) is 3. The van der Waals surface area contributed by atoms with Gasteiger partial charge in [-0.15, -0.1) is 0 Å².